The average molecular weight is 1060 g/mol. The van der Waals surface area contributed by atoms with E-state index in [1.807, 2.05) is 0 Å². The third-order valence-corrected chi connectivity index (χ3v) is 15.5. The molecule has 0 radical (unpaired) electrons. The van der Waals surface area contributed by atoms with Gasteiger partial charge in [-0.15, -0.1) is 0 Å². The maximum Gasteiger partial charge on any atom is 0.306 e. The minimum atomic E-state index is -0.773. The van der Waals surface area contributed by atoms with Crippen molar-refractivity contribution in [3.8, 4) is 0 Å². The number of carbonyl (C=O) groups is 3. The highest BCUT2D eigenvalue weighted by Gasteiger charge is 2.19. The van der Waals surface area contributed by atoms with Crippen molar-refractivity contribution in [2.45, 2.75) is 386 Å². The molecule has 0 heterocycles. The first-order valence-corrected chi connectivity index (χ1v) is 33.8. The van der Waals surface area contributed by atoms with Crippen molar-refractivity contribution in [3.63, 3.8) is 0 Å². The molecule has 1 atom stereocenters. The smallest absolute Gasteiger partial charge is 0.306 e. The largest absolute Gasteiger partial charge is 0.462 e. The van der Waals surface area contributed by atoms with E-state index in [1.54, 1.807) is 0 Å². The van der Waals surface area contributed by atoms with Crippen LogP contribution < -0.4 is 0 Å². The quantitative estimate of drug-likeness (QED) is 0.0261. The highest BCUT2D eigenvalue weighted by Crippen LogP contribution is 2.19. The van der Waals surface area contributed by atoms with Crippen LogP contribution in [-0.4, -0.2) is 37.2 Å². The van der Waals surface area contributed by atoms with E-state index in [4.69, 9.17) is 14.2 Å². The molecular formula is C69H130O6. The lowest BCUT2D eigenvalue weighted by Gasteiger charge is -2.18. The minimum Gasteiger partial charge on any atom is -0.462 e. The molecule has 6 heteroatoms. The van der Waals surface area contributed by atoms with E-state index in [1.165, 1.54) is 263 Å². The Morgan fingerprint density at radius 3 is 0.760 bits per heavy atom. The van der Waals surface area contributed by atoms with Crippen molar-refractivity contribution in [1.82, 2.24) is 0 Å². The molecule has 0 amide bonds. The minimum absolute atomic E-state index is 0.0723. The van der Waals surface area contributed by atoms with Crippen molar-refractivity contribution < 1.29 is 28.6 Å². The van der Waals surface area contributed by atoms with Gasteiger partial charge in [-0.25, -0.2) is 0 Å². The van der Waals surface area contributed by atoms with Crippen molar-refractivity contribution in [1.29, 1.82) is 0 Å². The molecule has 0 aliphatic carbocycles. The van der Waals surface area contributed by atoms with Crippen LogP contribution in [0.1, 0.15) is 380 Å². The van der Waals surface area contributed by atoms with Gasteiger partial charge in [-0.1, -0.05) is 334 Å². The Morgan fingerprint density at radius 1 is 0.267 bits per heavy atom. The lowest BCUT2D eigenvalue weighted by Crippen LogP contribution is -2.30. The second kappa shape index (κ2) is 64.4. The average Bonchev–Trinajstić information content (AvgIpc) is 3.41. The van der Waals surface area contributed by atoms with Crippen molar-refractivity contribution in [2.24, 2.45) is 0 Å². The lowest BCUT2D eigenvalue weighted by molar-refractivity contribution is -0.167. The summed E-state index contributed by atoms with van der Waals surface area (Å²) >= 11 is 0. The highest BCUT2D eigenvalue weighted by molar-refractivity contribution is 5.71. The predicted octanol–water partition coefficient (Wildman–Crippen LogP) is 23.0. The number of ether oxygens (including phenoxy) is 3. The van der Waals surface area contributed by atoms with Crippen molar-refractivity contribution in [3.05, 3.63) is 24.3 Å². The van der Waals surface area contributed by atoms with Gasteiger partial charge in [0.1, 0.15) is 13.2 Å². The van der Waals surface area contributed by atoms with Gasteiger partial charge < -0.3 is 14.2 Å². The van der Waals surface area contributed by atoms with E-state index in [9.17, 15) is 14.4 Å². The van der Waals surface area contributed by atoms with Gasteiger partial charge in [-0.05, 0) is 51.4 Å². The number of rotatable bonds is 63. The fourth-order valence-corrected chi connectivity index (χ4v) is 10.4. The lowest BCUT2D eigenvalue weighted by atomic mass is 10.0. The number of unbranched alkanes of at least 4 members (excludes halogenated alkanes) is 48. The van der Waals surface area contributed by atoms with Gasteiger partial charge in [0.15, 0.2) is 6.10 Å². The van der Waals surface area contributed by atoms with E-state index in [0.717, 1.165) is 77.0 Å². The molecule has 0 fully saturated rings. The van der Waals surface area contributed by atoms with Gasteiger partial charge >= 0.3 is 17.9 Å². The molecule has 0 saturated heterocycles. The van der Waals surface area contributed by atoms with Gasteiger partial charge in [-0.2, -0.15) is 0 Å². The second-order valence-corrected chi connectivity index (χ2v) is 23.1. The summed E-state index contributed by atoms with van der Waals surface area (Å²) < 4.78 is 16.8. The first kappa shape index (κ1) is 72.9. The topological polar surface area (TPSA) is 78.9 Å². The molecule has 0 aromatic carbocycles. The number of allylic oxidation sites excluding steroid dienone is 4. The highest BCUT2D eigenvalue weighted by atomic mass is 16.6. The molecule has 0 bridgehead atoms. The fraction of sp³-hybridized carbons (Fsp3) is 0.899. The van der Waals surface area contributed by atoms with E-state index in [0.29, 0.717) is 19.3 Å². The van der Waals surface area contributed by atoms with Gasteiger partial charge in [0, 0.05) is 19.3 Å². The zero-order valence-electron chi connectivity index (χ0n) is 50.8. The maximum atomic E-state index is 12.8. The monoisotopic (exact) mass is 1050 g/mol. The number of carbonyl (C=O) groups excluding carboxylic acids is 3. The molecule has 75 heavy (non-hydrogen) atoms. The van der Waals surface area contributed by atoms with Gasteiger partial charge in [0.2, 0.25) is 0 Å². The number of hydrogen-bond donors (Lipinski definition) is 0. The van der Waals surface area contributed by atoms with E-state index in [2.05, 4.69) is 45.1 Å². The molecule has 0 aliphatic heterocycles. The first-order chi connectivity index (χ1) is 37.0. The van der Waals surface area contributed by atoms with E-state index in [-0.39, 0.29) is 31.1 Å². The Kier molecular flexibility index (Phi) is 62.6. The van der Waals surface area contributed by atoms with Crippen LogP contribution in [0.4, 0.5) is 0 Å². The Hall–Kier alpha value is -2.11. The summed E-state index contributed by atoms with van der Waals surface area (Å²) in [6, 6.07) is 0. The summed E-state index contributed by atoms with van der Waals surface area (Å²) in [6.07, 6.45) is 78.3. The van der Waals surface area contributed by atoms with Gasteiger partial charge in [0.05, 0.1) is 0 Å². The zero-order chi connectivity index (χ0) is 54.3. The molecule has 442 valence electrons. The van der Waals surface area contributed by atoms with Crippen LogP contribution >= 0.6 is 0 Å². The van der Waals surface area contributed by atoms with Crippen LogP contribution in [0.3, 0.4) is 0 Å². The molecule has 1 unspecified atom stereocenters. The molecular weight excluding hydrogens is 925 g/mol. The molecule has 6 nitrogen and oxygen atoms in total. The molecule has 0 spiro atoms. The summed E-state index contributed by atoms with van der Waals surface area (Å²) in [4.78, 5) is 38.0. The second-order valence-electron chi connectivity index (χ2n) is 23.1. The maximum absolute atomic E-state index is 12.8. The van der Waals surface area contributed by atoms with Crippen LogP contribution in [-0.2, 0) is 28.6 Å². The molecule has 0 rings (SSSR count). The summed E-state index contributed by atoms with van der Waals surface area (Å²) in [6.45, 7) is 6.61. The summed E-state index contributed by atoms with van der Waals surface area (Å²) in [7, 11) is 0. The van der Waals surface area contributed by atoms with Crippen LogP contribution in [0.2, 0.25) is 0 Å². The van der Waals surface area contributed by atoms with Crippen molar-refractivity contribution in [2.75, 3.05) is 13.2 Å². The van der Waals surface area contributed by atoms with Crippen LogP contribution in [0.25, 0.3) is 0 Å². The van der Waals surface area contributed by atoms with Crippen molar-refractivity contribution >= 4 is 17.9 Å². The number of hydrogen-bond acceptors (Lipinski definition) is 6. The van der Waals surface area contributed by atoms with Crippen LogP contribution in [0.15, 0.2) is 24.3 Å². The fourth-order valence-electron chi connectivity index (χ4n) is 10.4. The zero-order valence-corrected chi connectivity index (χ0v) is 50.8. The summed E-state index contributed by atoms with van der Waals surface area (Å²) in [5, 5.41) is 0. The van der Waals surface area contributed by atoms with E-state index < -0.39 is 6.10 Å². The Balaban J connectivity index is 3.89. The molecule has 0 N–H and O–H groups in total. The molecule has 0 aliphatic rings. The standard InChI is InChI=1S/C69H130O6/c1-4-7-10-13-16-18-20-22-24-25-26-27-28-29-30-31-32-33-34-35-36-37-38-39-40-41-42-43-45-46-48-50-53-56-59-62-68(71)74-65-66(64-73-67(70)61-58-55-52-15-12-9-6-3)75-69(72)63-60-57-54-51-49-47-44-23-21-19-17-14-11-8-5-2/h17,19,23,44,66H,4-16,18,20-22,24-43,45-65H2,1-3H3/b19-17-,44-23-. The molecule has 0 saturated carbocycles. The van der Waals surface area contributed by atoms with Crippen LogP contribution in [0.5, 0.6) is 0 Å². The first-order valence-electron chi connectivity index (χ1n) is 33.8. The normalized spacial score (nSPS) is 12.1. The third kappa shape index (κ3) is 62.6. The third-order valence-electron chi connectivity index (χ3n) is 15.5. The Morgan fingerprint density at radius 2 is 0.480 bits per heavy atom. The SMILES string of the molecule is CCCCC/C=C\C/C=C\CCCCCCCC(=O)OC(COC(=O)CCCCCCCCC)COC(=O)CCCCCCCCCCCCCCCCCCCCCCCCCCCCCCCCCCCCC. The molecule has 0 aromatic heterocycles. The molecule has 0 aromatic rings. The summed E-state index contributed by atoms with van der Waals surface area (Å²) in [5.74, 6) is -0.872. The van der Waals surface area contributed by atoms with Gasteiger partial charge in [0.25, 0.3) is 0 Å². The van der Waals surface area contributed by atoms with Crippen LogP contribution in [0, 0.1) is 0 Å². The Bertz CT molecular complexity index is 1210. The van der Waals surface area contributed by atoms with E-state index >= 15 is 0 Å². The number of esters is 3. The Labute approximate surface area is 468 Å². The summed E-state index contributed by atoms with van der Waals surface area (Å²) in [5.41, 5.74) is 0. The van der Waals surface area contributed by atoms with Gasteiger partial charge in [-0.3, -0.25) is 14.4 Å². The predicted molar refractivity (Wildman–Crippen MR) is 326 cm³/mol.